The number of nitrogens with zero attached hydrogens (tertiary/aromatic N) is 2. The number of hydrogen-bond donors (Lipinski definition) is 1. The van der Waals surface area contributed by atoms with Gasteiger partial charge in [0.05, 0.1) is 17.9 Å². The second-order valence-electron chi connectivity index (χ2n) is 3.65. The van der Waals surface area contributed by atoms with Crippen LogP contribution in [0.5, 0.6) is 0 Å². The molecule has 1 aromatic carbocycles. The molecule has 5 heteroatoms. The normalized spacial score (nSPS) is 10.1. The first-order valence-electron chi connectivity index (χ1n) is 5.40. The van der Waals surface area contributed by atoms with Crippen molar-refractivity contribution in [1.29, 1.82) is 0 Å². The summed E-state index contributed by atoms with van der Waals surface area (Å²) in [6.07, 6.45) is 2.96. The minimum atomic E-state index is -0.288. The molecular weight excluding hydrogens is 233 g/mol. The van der Waals surface area contributed by atoms with Gasteiger partial charge in [-0.05, 0) is 36.4 Å². The Morgan fingerprint density at radius 3 is 2.78 bits per heavy atom. The topological polar surface area (TPSA) is 46.9 Å². The molecule has 0 saturated heterocycles. The highest BCUT2D eigenvalue weighted by molar-refractivity contribution is 5.86. The maximum atomic E-state index is 12.8. The third-order valence-electron chi connectivity index (χ3n) is 2.36. The van der Waals surface area contributed by atoms with Gasteiger partial charge in [-0.1, -0.05) is 6.58 Å². The van der Waals surface area contributed by atoms with Gasteiger partial charge in [-0.3, -0.25) is 4.79 Å². The Hall–Kier alpha value is -2.43. The molecule has 1 amide bonds. The molecule has 1 heterocycles. The highest BCUT2D eigenvalue weighted by Crippen LogP contribution is 2.08. The molecule has 0 bridgehead atoms. The van der Waals surface area contributed by atoms with Crippen LogP contribution in [0.4, 0.5) is 4.39 Å². The maximum Gasteiger partial charge on any atom is 0.243 e. The summed E-state index contributed by atoms with van der Waals surface area (Å²) in [4.78, 5) is 11.0. The van der Waals surface area contributed by atoms with E-state index in [2.05, 4.69) is 17.0 Å². The van der Waals surface area contributed by atoms with Gasteiger partial charge in [-0.15, -0.1) is 0 Å². The molecule has 92 valence electrons. The molecule has 0 fully saturated rings. The van der Waals surface area contributed by atoms with Gasteiger partial charge in [0.2, 0.25) is 5.91 Å². The van der Waals surface area contributed by atoms with E-state index in [0.717, 1.165) is 11.4 Å². The molecule has 0 aliphatic heterocycles. The van der Waals surface area contributed by atoms with Crippen LogP contribution < -0.4 is 5.32 Å². The third kappa shape index (κ3) is 2.82. The van der Waals surface area contributed by atoms with Crippen molar-refractivity contribution in [3.63, 3.8) is 0 Å². The van der Waals surface area contributed by atoms with Crippen molar-refractivity contribution >= 4 is 5.91 Å². The van der Waals surface area contributed by atoms with Crippen molar-refractivity contribution in [3.8, 4) is 5.69 Å². The van der Waals surface area contributed by atoms with Crippen LogP contribution in [0.25, 0.3) is 5.69 Å². The molecule has 0 radical (unpaired) electrons. The summed E-state index contributed by atoms with van der Waals surface area (Å²) in [7, 11) is 0. The van der Waals surface area contributed by atoms with E-state index in [9.17, 15) is 9.18 Å². The van der Waals surface area contributed by atoms with Crippen molar-refractivity contribution in [2.75, 3.05) is 0 Å². The van der Waals surface area contributed by atoms with Crippen LogP contribution in [-0.4, -0.2) is 15.7 Å². The molecule has 0 aliphatic rings. The Morgan fingerprint density at radius 1 is 1.39 bits per heavy atom. The fourth-order valence-electron chi connectivity index (χ4n) is 1.44. The molecule has 0 atom stereocenters. The predicted octanol–water partition coefficient (Wildman–Crippen LogP) is 1.81. The summed E-state index contributed by atoms with van der Waals surface area (Å²) in [5.41, 5.74) is 1.48. The zero-order valence-corrected chi connectivity index (χ0v) is 9.64. The van der Waals surface area contributed by atoms with Gasteiger partial charge in [0, 0.05) is 6.20 Å². The highest BCUT2D eigenvalue weighted by atomic mass is 19.1. The largest absolute Gasteiger partial charge is 0.347 e. The monoisotopic (exact) mass is 245 g/mol. The number of amides is 1. The molecule has 2 rings (SSSR count). The standard InChI is InChI=1S/C13H12FN3O/c1-2-13(18)15-9-11-7-8-17(16-11)12-5-3-10(14)4-6-12/h2-8H,1,9H2,(H,15,18). The minimum absolute atomic E-state index is 0.244. The molecule has 0 unspecified atom stereocenters. The Balaban J connectivity index is 2.08. The summed E-state index contributed by atoms with van der Waals surface area (Å²) < 4.78 is 14.4. The lowest BCUT2D eigenvalue weighted by atomic mass is 10.3. The van der Waals surface area contributed by atoms with Crippen LogP contribution >= 0.6 is 0 Å². The van der Waals surface area contributed by atoms with Crippen molar-refractivity contribution in [3.05, 3.63) is 60.7 Å². The number of aromatic nitrogens is 2. The Bertz CT molecular complexity index is 560. The Labute approximate surface area is 104 Å². The van der Waals surface area contributed by atoms with Crippen LogP contribution in [0.15, 0.2) is 49.2 Å². The van der Waals surface area contributed by atoms with Gasteiger partial charge in [0.25, 0.3) is 0 Å². The van der Waals surface area contributed by atoms with E-state index in [-0.39, 0.29) is 11.7 Å². The number of nitrogens with one attached hydrogen (secondary N) is 1. The summed E-state index contributed by atoms with van der Waals surface area (Å²) >= 11 is 0. The van der Waals surface area contributed by atoms with Crippen LogP contribution in [0.2, 0.25) is 0 Å². The fraction of sp³-hybridized carbons (Fsp3) is 0.0769. The van der Waals surface area contributed by atoms with Gasteiger partial charge < -0.3 is 5.32 Å². The van der Waals surface area contributed by atoms with E-state index in [0.29, 0.717) is 6.54 Å². The second kappa shape index (κ2) is 5.27. The second-order valence-corrected chi connectivity index (χ2v) is 3.65. The van der Waals surface area contributed by atoms with E-state index < -0.39 is 0 Å². The number of carbonyl (C=O) groups is 1. The molecular formula is C13H12FN3O. The van der Waals surface area contributed by atoms with E-state index in [4.69, 9.17) is 0 Å². The maximum absolute atomic E-state index is 12.8. The molecule has 0 spiro atoms. The number of rotatable bonds is 4. The lowest BCUT2D eigenvalue weighted by Gasteiger charge is -2.01. The van der Waals surface area contributed by atoms with Crippen molar-refractivity contribution in [1.82, 2.24) is 15.1 Å². The van der Waals surface area contributed by atoms with E-state index in [1.54, 1.807) is 29.1 Å². The van der Waals surface area contributed by atoms with Crippen molar-refractivity contribution < 1.29 is 9.18 Å². The van der Waals surface area contributed by atoms with Gasteiger partial charge in [-0.2, -0.15) is 5.10 Å². The smallest absolute Gasteiger partial charge is 0.243 e. The summed E-state index contributed by atoms with van der Waals surface area (Å²) in [5, 5.41) is 6.89. The molecule has 0 aliphatic carbocycles. The zero-order valence-electron chi connectivity index (χ0n) is 9.64. The molecule has 1 aromatic heterocycles. The average molecular weight is 245 g/mol. The van der Waals surface area contributed by atoms with E-state index in [1.807, 2.05) is 0 Å². The number of hydrogen-bond acceptors (Lipinski definition) is 2. The van der Waals surface area contributed by atoms with Crippen LogP contribution in [0.3, 0.4) is 0 Å². The van der Waals surface area contributed by atoms with Gasteiger partial charge in [0.1, 0.15) is 5.82 Å². The Kier molecular flexibility index (Phi) is 3.52. The fourth-order valence-corrected chi connectivity index (χ4v) is 1.44. The lowest BCUT2D eigenvalue weighted by molar-refractivity contribution is -0.116. The quantitative estimate of drug-likeness (QED) is 0.835. The van der Waals surface area contributed by atoms with Gasteiger partial charge in [0.15, 0.2) is 0 Å². The van der Waals surface area contributed by atoms with Gasteiger partial charge in [-0.25, -0.2) is 9.07 Å². The van der Waals surface area contributed by atoms with E-state index >= 15 is 0 Å². The molecule has 18 heavy (non-hydrogen) atoms. The Morgan fingerprint density at radius 2 is 2.11 bits per heavy atom. The average Bonchev–Trinajstić information content (AvgIpc) is 2.85. The number of carbonyl (C=O) groups excluding carboxylic acids is 1. The van der Waals surface area contributed by atoms with Crippen molar-refractivity contribution in [2.24, 2.45) is 0 Å². The number of benzene rings is 1. The number of halogens is 1. The highest BCUT2D eigenvalue weighted by Gasteiger charge is 2.02. The molecule has 1 N–H and O–H groups in total. The van der Waals surface area contributed by atoms with Crippen LogP contribution in [-0.2, 0) is 11.3 Å². The molecule has 4 nitrogen and oxygen atoms in total. The van der Waals surface area contributed by atoms with Crippen LogP contribution in [0.1, 0.15) is 5.69 Å². The predicted molar refractivity (Wildman–Crippen MR) is 65.6 cm³/mol. The van der Waals surface area contributed by atoms with E-state index in [1.165, 1.54) is 18.2 Å². The first-order chi connectivity index (χ1) is 8.69. The van der Waals surface area contributed by atoms with Crippen molar-refractivity contribution in [2.45, 2.75) is 6.54 Å². The summed E-state index contributed by atoms with van der Waals surface area (Å²) in [5.74, 6) is -0.532. The summed E-state index contributed by atoms with van der Waals surface area (Å²) in [6.45, 7) is 3.69. The first-order valence-corrected chi connectivity index (χ1v) is 5.40. The lowest BCUT2D eigenvalue weighted by Crippen LogP contribution is -2.20. The minimum Gasteiger partial charge on any atom is -0.347 e. The first kappa shape index (κ1) is 12.0. The molecule has 0 saturated carbocycles. The molecule has 2 aromatic rings. The SMILES string of the molecule is C=CC(=O)NCc1ccn(-c2ccc(F)cc2)n1. The van der Waals surface area contributed by atoms with Crippen LogP contribution in [0, 0.1) is 5.82 Å². The van der Waals surface area contributed by atoms with Gasteiger partial charge >= 0.3 is 0 Å². The third-order valence-corrected chi connectivity index (χ3v) is 2.36. The zero-order chi connectivity index (χ0) is 13.0. The summed E-state index contributed by atoms with van der Waals surface area (Å²) in [6, 6.07) is 7.79.